The van der Waals surface area contributed by atoms with Crippen LogP contribution in [0.3, 0.4) is 0 Å². The van der Waals surface area contributed by atoms with Gasteiger partial charge < -0.3 is 15.0 Å². The van der Waals surface area contributed by atoms with Gasteiger partial charge in [-0.1, -0.05) is 0 Å². The number of hydrogen-bond donors (Lipinski definition) is 1. The average Bonchev–Trinajstić information content (AvgIpc) is 2.94. The monoisotopic (exact) mass is 269 g/mol. The molecule has 2 aliphatic rings. The predicted octanol–water partition coefficient (Wildman–Crippen LogP) is -0.553. The van der Waals surface area contributed by atoms with Crippen LogP contribution in [-0.4, -0.2) is 74.1 Å². The average molecular weight is 269 g/mol. The predicted molar refractivity (Wildman–Crippen MR) is 70.7 cm³/mol. The number of amides is 2. The summed E-state index contributed by atoms with van der Waals surface area (Å²) in [5, 5.41) is 2.82. The number of rotatable bonds is 5. The van der Waals surface area contributed by atoms with E-state index in [1.807, 2.05) is 0 Å². The number of carbonyl (C=O) groups excluding carboxylic acids is 2. The van der Waals surface area contributed by atoms with Crippen molar-refractivity contribution in [3.8, 4) is 0 Å². The Kier molecular flexibility index (Phi) is 5.60. The summed E-state index contributed by atoms with van der Waals surface area (Å²) in [5.41, 5.74) is 0. The van der Waals surface area contributed by atoms with Crippen LogP contribution in [0.15, 0.2) is 0 Å². The lowest BCUT2D eigenvalue weighted by molar-refractivity contribution is -0.135. The normalized spacial score (nSPS) is 20.5. The molecule has 0 radical (unpaired) electrons. The number of nitrogens with zero attached hydrogens (tertiary/aromatic N) is 2. The molecule has 2 saturated heterocycles. The van der Waals surface area contributed by atoms with E-state index in [0.29, 0.717) is 6.54 Å². The van der Waals surface area contributed by atoms with Crippen molar-refractivity contribution in [3.05, 3.63) is 0 Å². The van der Waals surface area contributed by atoms with Crippen molar-refractivity contribution < 1.29 is 14.3 Å². The number of nitrogens with one attached hydrogen (secondary N) is 1. The summed E-state index contributed by atoms with van der Waals surface area (Å²) in [6, 6.07) is 0. The Morgan fingerprint density at radius 1 is 1.05 bits per heavy atom. The summed E-state index contributed by atoms with van der Waals surface area (Å²) >= 11 is 0. The van der Waals surface area contributed by atoms with E-state index in [4.69, 9.17) is 4.74 Å². The second kappa shape index (κ2) is 7.45. The van der Waals surface area contributed by atoms with Gasteiger partial charge in [0.05, 0.1) is 13.2 Å². The van der Waals surface area contributed by atoms with Gasteiger partial charge in [-0.05, 0) is 12.8 Å². The molecule has 6 nitrogen and oxygen atoms in total. The van der Waals surface area contributed by atoms with E-state index >= 15 is 0 Å². The first-order valence-electron chi connectivity index (χ1n) is 7.10. The van der Waals surface area contributed by atoms with E-state index < -0.39 is 0 Å². The van der Waals surface area contributed by atoms with E-state index in [1.54, 1.807) is 4.90 Å². The molecule has 108 valence electrons. The van der Waals surface area contributed by atoms with Crippen LogP contribution in [0.5, 0.6) is 0 Å². The Hall–Kier alpha value is -1.14. The number of morpholine rings is 1. The molecule has 2 heterocycles. The van der Waals surface area contributed by atoms with Crippen molar-refractivity contribution >= 4 is 11.8 Å². The topological polar surface area (TPSA) is 61.9 Å². The smallest absolute Gasteiger partial charge is 0.232 e. The maximum atomic E-state index is 11.8. The molecule has 0 saturated carbocycles. The molecule has 0 aromatic rings. The Balaban J connectivity index is 1.57. The molecule has 6 heteroatoms. The van der Waals surface area contributed by atoms with Crippen LogP contribution in [0.25, 0.3) is 0 Å². The highest BCUT2D eigenvalue weighted by Gasteiger charge is 2.20. The van der Waals surface area contributed by atoms with Crippen molar-refractivity contribution in [2.75, 3.05) is 52.5 Å². The molecule has 0 aliphatic carbocycles. The van der Waals surface area contributed by atoms with E-state index in [0.717, 1.165) is 58.8 Å². The second-order valence-corrected chi connectivity index (χ2v) is 5.07. The van der Waals surface area contributed by atoms with E-state index in [-0.39, 0.29) is 18.2 Å². The fourth-order valence-corrected chi connectivity index (χ4v) is 2.46. The summed E-state index contributed by atoms with van der Waals surface area (Å²) in [6.45, 7) is 6.41. The lowest BCUT2D eigenvalue weighted by atomic mass is 10.3. The number of likely N-dealkylation sites (tertiary alicyclic amines) is 1. The molecule has 2 rings (SSSR count). The van der Waals surface area contributed by atoms with Gasteiger partial charge in [0.1, 0.15) is 6.42 Å². The van der Waals surface area contributed by atoms with E-state index in [1.165, 1.54) is 0 Å². The van der Waals surface area contributed by atoms with Crippen LogP contribution in [0.2, 0.25) is 0 Å². The molecule has 0 spiro atoms. The van der Waals surface area contributed by atoms with Gasteiger partial charge >= 0.3 is 0 Å². The van der Waals surface area contributed by atoms with Gasteiger partial charge in [0, 0.05) is 39.3 Å². The number of ether oxygens (including phenoxy) is 1. The summed E-state index contributed by atoms with van der Waals surface area (Å²) in [7, 11) is 0. The lowest BCUT2D eigenvalue weighted by Gasteiger charge is -2.26. The zero-order chi connectivity index (χ0) is 13.5. The fourth-order valence-electron chi connectivity index (χ4n) is 2.46. The van der Waals surface area contributed by atoms with Crippen LogP contribution in [0.4, 0.5) is 0 Å². The van der Waals surface area contributed by atoms with E-state index in [9.17, 15) is 9.59 Å². The van der Waals surface area contributed by atoms with Gasteiger partial charge in [-0.3, -0.25) is 14.5 Å². The molecule has 0 unspecified atom stereocenters. The SMILES string of the molecule is O=C(CC(=O)N1CCCC1)NCCN1CCOCC1. The maximum absolute atomic E-state index is 11.8. The molecule has 0 aromatic carbocycles. The standard InChI is InChI=1S/C13H23N3O3/c17-12(11-13(18)16-4-1-2-5-16)14-3-6-15-7-9-19-10-8-15/h1-11H2,(H,14,17). The molecule has 0 atom stereocenters. The first-order valence-corrected chi connectivity index (χ1v) is 7.10. The van der Waals surface area contributed by atoms with Gasteiger partial charge in [-0.15, -0.1) is 0 Å². The maximum Gasteiger partial charge on any atom is 0.232 e. The van der Waals surface area contributed by atoms with Crippen LogP contribution in [-0.2, 0) is 14.3 Å². The molecular formula is C13H23N3O3. The van der Waals surface area contributed by atoms with Crippen LogP contribution in [0.1, 0.15) is 19.3 Å². The molecule has 2 aliphatic heterocycles. The zero-order valence-corrected chi connectivity index (χ0v) is 11.4. The van der Waals surface area contributed by atoms with Crippen molar-refractivity contribution in [1.29, 1.82) is 0 Å². The minimum atomic E-state index is -0.162. The molecule has 2 fully saturated rings. The summed E-state index contributed by atoms with van der Waals surface area (Å²) in [4.78, 5) is 27.4. The molecule has 2 amide bonds. The lowest BCUT2D eigenvalue weighted by Crippen LogP contribution is -2.42. The summed E-state index contributed by atoms with van der Waals surface area (Å²) in [5.74, 6) is -0.202. The Bertz CT molecular complexity index is 310. The Morgan fingerprint density at radius 3 is 2.42 bits per heavy atom. The minimum absolute atomic E-state index is 0.0108. The summed E-state index contributed by atoms with van der Waals surface area (Å²) < 4.78 is 5.26. The number of hydrogen-bond acceptors (Lipinski definition) is 4. The highest BCUT2D eigenvalue weighted by atomic mass is 16.5. The highest BCUT2D eigenvalue weighted by molar-refractivity contribution is 5.96. The third-order valence-electron chi connectivity index (χ3n) is 3.62. The number of carbonyl (C=O) groups is 2. The largest absolute Gasteiger partial charge is 0.379 e. The molecular weight excluding hydrogens is 246 g/mol. The third-order valence-corrected chi connectivity index (χ3v) is 3.62. The van der Waals surface area contributed by atoms with Gasteiger partial charge in [-0.25, -0.2) is 0 Å². The molecule has 0 aromatic heterocycles. The van der Waals surface area contributed by atoms with E-state index in [2.05, 4.69) is 10.2 Å². The van der Waals surface area contributed by atoms with Gasteiger partial charge in [0.2, 0.25) is 11.8 Å². The van der Waals surface area contributed by atoms with Crippen molar-refractivity contribution in [1.82, 2.24) is 15.1 Å². The fraction of sp³-hybridized carbons (Fsp3) is 0.846. The van der Waals surface area contributed by atoms with Crippen molar-refractivity contribution in [2.45, 2.75) is 19.3 Å². The summed E-state index contributed by atoms with van der Waals surface area (Å²) in [6.07, 6.45) is 2.11. The Labute approximate surface area is 114 Å². The quantitative estimate of drug-likeness (QED) is 0.680. The third kappa shape index (κ3) is 4.80. The Morgan fingerprint density at radius 2 is 1.74 bits per heavy atom. The zero-order valence-electron chi connectivity index (χ0n) is 11.4. The first kappa shape index (κ1) is 14.3. The molecule has 0 bridgehead atoms. The minimum Gasteiger partial charge on any atom is -0.379 e. The first-order chi connectivity index (χ1) is 9.25. The van der Waals surface area contributed by atoms with Crippen LogP contribution >= 0.6 is 0 Å². The molecule has 19 heavy (non-hydrogen) atoms. The van der Waals surface area contributed by atoms with Gasteiger partial charge in [-0.2, -0.15) is 0 Å². The second-order valence-electron chi connectivity index (χ2n) is 5.07. The van der Waals surface area contributed by atoms with Crippen LogP contribution in [0, 0.1) is 0 Å². The van der Waals surface area contributed by atoms with Gasteiger partial charge in [0.25, 0.3) is 0 Å². The van der Waals surface area contributed by atoms with Crippen molar-refractivity contribution in [2.24, 2.45) is 0 Å². The van der Waals surface area contributed by atoms with Gasteiger partial charge in [0.15, 0.2) is 0 Å². The highest BCUT2D eigenvalue weighted by Crippen LogP contribution is 2.08. The van der Waals surface area contributed by atoms with Crippen molar-refractivity contribution in [3.63, 3.8) is 0 Å². The van der Waals surface area contributed by atoms with Crippen LogP contribution < -0.4 is 5.32 Å². The molecule has 1 N–H and O–H groups in total.